The summed E-state index contributed by atoms with van der Waals surface area (Å²) in [5, 5.41) is 8.53. The standard InChI is InChI=1S/C7H14N2O3/c8-2-1-7(4-12-7)3-5(9)6(10)11/h5H,1-4,8-9H2,(H,10,11)/t5-,7?/m0/s1. The monoisotopic (exact) mass is 174 g/mol. The molecule has 1 aliphatic heterocycles. The number of epoxide rings is 1. The van der Waals surface area contributed by atoms with Crippen molar-refractivity contribution in [3.63, 3.8) is 0 Å². The smallest absolute Gasteiger partial charge is 0.320 e. The van der Waals surface area contributed by atoms with Crippen LogP contribution in [0, 0.1) is 0 Å². The minimum atomic E-state index is -0.984. The summed E-state index contributed by atoms with van der Waals surface area (Å²) in [6, 6.07) is -0.834. The molecule has 1 saturated heterocycles. The van der Waals surface area contributed by atoms with E-state index >= 15 is 0 Å². The molecule has 0 aromatic rings. The zero-order chi connectivity index (χ0) is 9.19. The number of carboxylic acid groups (broad SMARTS) is 1. The second-order valence-corrected chi connectivity index (χ2v) is 3.16. The first-order chi connectivity index (χ1) is 5.59. The molecule has 1 fully saturated rings. The lowest BCUT2D eigenvalue weighted by molar-refractivity contribution is -0.139. The Morgan fingerprint density at radius 1 is 1.75 bits per heavy atom. The molecular formula is C7H14N2O3. The van der Waals surface area contributed by atoms with Crippen LogP contribution in [0.1, 0.15) is 12.8 Å². The number of carboxylic acids is 1. The first kappa shape index (κ1) is 9.44. The molecule has 0 aromatic heterocycles. The Balaban J connectivity index is 2.34. The minimum absolute atomic E-state index is 0.327. The molecule has 70 valence electrons. The highest BCUT2D eigenvalue weighted by atomic mass is 16.6. The van der Waals surface area contributed by atoms with Gasteiger partial charge in [-0.15, -0.1) is 0 Å². The van der Waals surface area contributed by atoms with Gasteiger partial charge in [0, 0.05) is 6.42 Å². The average Bonchev–Trinajstić information content (AvgIpc) is 2.69. The highest BCUT2D eigenvalue weighted by Gasteiger charge is 2.45. The highest BCUT2D eigenvalue weighted by molar-refractivity contribution is 5.73. The van der Waals surface area contributed by atoms with Gasteiger partial charge in [-0.2, -0.15) is 0 Å². The van der Waals surface area contributed by atoms with E-state index in [0.717, 1.165) is 0 Å². The summed E-state index contributed by atoms with van der Waals surface area (Å²) >= 11 is 0. The van der Waals surface area contributed by atoms with E-state index in [1.807, 2.05) is 0 Å². The van der Waals surface area contributed by atoms with Crippen molar-refractivity contribution in [2.24, 2.45) is 11.5 Å². The topological polar surface area (TPSA) is 102 Å². The van der Waals surface area contributed by atoms with Gasteiger partial charge in [-0.05, 0) is 13.0 Å². The second-order valence-electron chi connectivity index (χ2n) is 3.16. The Morgan fingerprint density at radius 3 is 2.67 bits per heavy atom. The van der Waals surface area contributed by atoms with E-state index in [1.165, 1.54) is 0 Å². The average molecular weight is 174 g/mol. The zero-order valence-electron chi connectivity index (χ0n) is 6.82. The molecule has 0 aromatic carbocycles. The lowest BCUT2D eigenvalue weighted by atomic mass is 9.98. The molecule has 0 saturated carbocycles. The lowest BCUT2D eigenvalue weighted by Gasteiger charge is -2.12. The highest BCUT2D eigenvalue weighted by Crippen LogP contribution is 2.34. The van der Waals surface area contributed by atoms with Gasteiger partial charge in [-0.3, -0.25) is 4.79 Å². The van der Waals surface area contributed by atoms with Crippen molar-refractivity contribution in [3.05, 3.63) is 0 Å². The van der Waals surface area contributed by atoms with Gasteiger partial charge in [0.2, 0.25) is 0 Å². The van der Waals surface area contributed by atoms with Crippen LogP contribution in [0.5, 0.6) is 0 Å². The molecule has 0 amide bonds. The summed E-state index contributed by atoms with van der Waals surface area (Å²) < 4.78 is 5.13. The van der Waals surface area contributed by atoms with E-state index < -0.39 is 12.0 Å². The van der Waals surface area contributed by atoms with Crippen molar-refractivity contribution < 1.29 is 14.6 Å². The molecule has 2 atom stereocenters. The van der Waals surface area contributed by atoms with E-state index in [1.54, 1.807) is 0 Å². The summed E-state index contributed by atoms with van der Waals surface area (Å²) in [4.78, 5) is 10.4. The summed E-state index contributed by atoms with van der Waals surface area (Å²) in [5.41, 5.74) is 10.4. The Morgan fingerprint density at radius 2 is 2.33 bits per heavy atom. The van der Waals surface area contributed by atoms with E-state index in [4.69, 9.17) is 21.3 Å². The largest absolute Gasteiger partial charge is 0.480 e. The van der Waals surface area contributed by atoms with Crippen molar-refractivity contribution in [1.82, 2.24) is 0 Å². The van der Waals surface area contributed by atoms with Crippen LogP contribution in [0.15, 0.2) is 0 Å². The molecule has 1 rings (SSSR count). The normalized spacial score (nSPS) is 29.8. The van der Waals surface area contributed by atoms with Crippen LogP contribution in [0.2, 0.25) is 0 Å². The maximum atomic E-state index is 10.4. The lowest BCUT2D eigenvalue weighted by Crippen LogP contribution is -2.36. The third-order valence-electron chi connectivity index (χ3n) is 2.06. The summed E-state index contributed by atoms with van der Waals surface area (Å²) in [5.74, 6) is -0.984. The Bertz CT molecular complexity index is 179. The molecule has 0 bridgehead atoms. The summed E-state index contributed by atoms with van der Waals surface area (Å²) in [6.07, 6.45) is 1.05. The third-order valence-corrected chi connectivity index (χ3v) is 2.06. The molecule has 12 heavy (non-hydrogen) atoms. The molecule has 0 aliphatic carbocycles. The van der Waals surface area contributed by atoms with Crippen LogP contribution < -0.4 is 11.5 Å². The number of hydrogen-bond donors (Lipinski definition) is 3. The number of rotatable bonds is 5. The van der Waals surface area contributed by atoms with Crippen molar-refractivity contribution in [2.75, 3.05) is 13.2 Å². The molecular weight excluding hydrogens is 160 g/mol. The van der Waals surface area contributed by atoms with Gasteiger partial charge < -0.3 is 21.3 Å². The molecule has 5 nitrogen and oxygen atoms in total. The number of carbonyl (C=O) groups is 1. The van der Waals surface area contributed by atoms with Gasteiger partial charge in [0.05, 0.1) is 12.2 Å². The van der Waals surface area contributed by atoms with E-state index in [-0.39, 0.29) is 5.60 Å². The maximum absolute atomic E-state index is 10.4. The SMILES string of the molecule is NCCC1(C[C@H](N)C(=O)O)CO1. The number of nitrogens with two attached hydrogens (primary N) is 2. The Kier molecular flexibility index (Phi) is 2.66. The number of ether oxygens (including phenoxy) is 1. The Hall–Kier alpha value is -0.650. The van der Waals surface area contributed by atoms with Crippen LogP contribution in [0.3, 0.4) is 0 Å². The third kappa shape index (κ3) is 2.17. The predicted octanol–water partition coefficient (Wildman–Crippen LogP) is -1.09. The minimum Gasteiger partial charge on any atom is -0.480 e. The molecule has 5 N–H and O–H groups in total. The fourth-order valence-corrected chi connectivity index (χ4v) is 1.22. The fraction of sp³-hybridized carbons (Fsp3) is 0.857. The van der Waals surface area contributed by atoms with Crippen molar-refractivity contribution in [2.45, 2.75) is 24.5 Å². The van der Waals surface area contributed by atoms with Gasteiger partial charge in [0.15, 0.2) is 0 Å². The van der Waals surface area contributed by atoms with E-state index in [9.17, 15) is 4.79 Å². The second kappa shape index (κ2) is 3.38. The van der Waals surface area contributed by atoms with Gasteiger partial charge >= 0.3 is 5.97 Å². The van der Waals surface area contributed by atoms with E-state index in [2.05, 4.69) is 0 Å². The Labute approximate surface area is 70.7 Å². The molecule has 5 heteroatoms. The quantitative estimate of drug-likeness (QED) is 0.459. The van der Waals surface area contributed by atoms with Crippen LogP contribution in [-0.4, -0.2) is 35.9 Å². The van der Waals surface area contributed by atoms with Gasteiger partial charge in [0.25, 0.3) is 0 Å². The van der Waals surface area contributed by atoms with Gasteiger partial charge in [0.1, 0.15) is 6.04 Å². The number of hydrogen-bond acceptors (Lipinski definition) is 4. The van der Waals surface area contributed by atoms with Gasteiger partial charge in [-0.25, -0.2) is 0 Å². The maximum Gasteiger partial charge on any atom is 0.320 e. The first-order valence-corrected chi connectivity index (χ1v) is 3.92. The molecule has 1 heterocycles. The summed E-state index contributed by atoms with van der Waals surface area (Å²) in [6.45, 7) is 1.09. The van der Waals surface area contributed by atoms with Crippen LogP contribution in [0.25, 0.3) is 0 Å². The van der Waals surface area contributed by atoms with Crippen LogP contribution in [0.4, 0.5) is 0 Å². The first-order valence-electron chi connectivity index (χ1n) is 3.92. The predicted molar refractivity (Wildman–Crippen MR) is 42.6 cm³/mol. The summed E-state index contributed by atoms with van der Waals surface area (Å²) in [7, 11) is 0. The van der Waals surface area contributed by atoms with Crippen molar-refractivity contribution in [1.29, 1.82) is 0 Å². The van der Waals surface area contributed by atoms with Crippen molar-refractivity contribution in [3.8, 4) is 0 Å². The zero-order valence-corrected chi connectivity index (χ0v) is 6.82. The van der Waals surface area contributed by atoms with Crippen LogP contribution in [-0.2, 0) is 9.53 Å². The van der Waals surface area contributed by atoms with Gasteiger partial charge in [-0.1, -0.05) is 0 Å². The fourth-order valence-electron chi connectivity index (χ4n) is 1.22. The van der Waals surface area contributed by atoms with Crippen LogP contribution >= 0.6 is 0 Å². The molecule has 1 aliphatic rings. The van der Waals surface area contributed by atoms with E-state index in [0.29, 0.717) is 26.0 Å². The molecule has 1 unspecified atom stereocenters. The number of aliphatic carboxylic acids is 1. The molecule has 0 spiro atoms. The molecule has 0 radical (unpaired) electrons. The van der Waals surface area contributed by atoms with Crippen molar-refractivity contribution >= 4 is 5.97 Å².